The molecular weight excluding hydrogens is 676 g/mol. The van der Waals surface area contributed by atoms with Gasteiger partial charge < -0.3 is 14.9 Å². The number of piperazine rings is 1. The van der Waals surface area contributed by atoms with Crippen LogP contribution >= 0.6 is 0 Å². The molecule has 2 N–H and O–H groups in total. The molecule has 0 bridgehead atoms. The van der Waals surface area contributed by atoms with Crippen molar-refractivity contribution in [2.45, 2.75) is 32.5 Å². The van der Waals surface area contributed by atoms with E-state index in [2.05, 4.69) is 21.5 Å². The highest BCUT2D eigenvalue weighted by Crippen LogP contribution is 2.23. The molecule has 1 aliphatic heterocycles. The molecule has 1 aliphatic rings. The maximum Gasteiger partial charge on any atom is 0.329 e. The summed E-state index contributed by atoms with van der Waals surface area (Å²) in [4.78, 5) is 71.2. The number of H-pyrrole nitrogens is 1. The lowest BCUT2D eigenvalue weighted by molar-refractivity contribution is 0.0733. The van der Waals surface area contributed by atoms with Crippen LogP contribution in [0.4, 0.5) is 14.7 Å². The van der Waals surface area contributed by atoms with Crippen LogP contribution in [0.25, 0.3) is 27.8 Å². The van der Waals surface area contributed by atoms with Gasteiger partial charge in [-0.1, -0.05) is 24.3 Å². The van der Waals surface area contributed by atoms with E-state index in [0.29, 0.717) is 41.8 Å². The number of anilines is 1. The first kappa shape index (κ1) is 34.2. The number of aromatic amines is 1. The smallest absolute Gasteiger partial charge is 0.329 e. The number of allylic oxidation sites excluding steroid dienone is 1. The van der Waals surface area contributed by atoms with Crippen LogP contribution in [-0.2, 0) is 18.7 Å². The van der Waals surface area contributed by atoms with Gasteiger partial charge in [-0.15, -0.1) is 6.58 Å². The van der Waals surface area contributed by atoms with Gasteiger partial charge in [-0.25, -0.2) is 32.9 Å². The third-order valence-corrected chi connectivity index (χ3v) is 8.97. The van der Waals surface area contributed by atoms with Gasteiger partial charge in [-0.05, 0) is 55.8 Å². The zero-order valence-electron chi connectivity index (χ0n) is 28.2. The topological polar surface area (TPSA) is 164 Å². The normalized spacial score (nSPS) is 13.6. The summed E-state index contributed by atoms with van der Waals surface area (Å²) in [6.07, 6.45) is 3.02. The van der Waals surface area contributed by atoms with Crippen LogP contribution in [0.15, 0.2) is 87.8 Å². The van der Waals surface area contributed by atoms with Crippen molar-refractivity contribution in [1.29, 1.82) is 0 Å². The summed E-state index contributed by atoms with van der Waals surface area (Å²) >= 11 is 0. The number of hydrogen-bond acceptors (Lipinski definition) is 9. The lowest BCUT2D eigenvalue weighted by Gasteiger charge is -2.34. The van der Waals surface area contributed by atoms with Gasteiger partial charge in [-0.3, -0.25) is 23.9 Å². The fourth-order valence-electron chi connectivity index (χ4n) is 6.33. The summed E-state index contributed by atoms with van der Waals surface area (Å²) in [7, 11) is 0. The number of carbonyl (C=O) groups is 1. The molecule has 0 unspecified atom stereocenters. The van der Waals surface area contributed by atoms with Crippen LogP contribution in [-0.4, -0.2) is 76.0 Å². The number of amides is 1. The van der Waals surface area contributed by atoms with Crippen molar-refractivity contribution in [3.8, 4) is 5.82 Å². The number of rotatable bonds is 8. The Morgan fingerprint density at radius 1 is 1.00 bits per heavy atom. The molecule has 16 heteroatoms. The Kier molecular flexibility index (Phi) is 8.62. The van der Waals surface area contributed by atoms with Crippen LogP contribution in [0, 0.1) is 11.6 Å². The molecule has 1 amide bonds. The largest absolute Gasteiger partial charge is 0.384 e. The molecule has 1 fully saturated rings. The number of aromatic nitrogens is 7. The highest BCUT2D eigenvalue weighted by molar-refractivity contribution is 5.95. The average molecular weight is 710 g/mol. The van der Waals surface area contributed by atoms with Crippen LogP contribution < -0.4 is 21.7 Å². The SMILES string of the molecule is C=CCn1c(=O)c2cnc(N3CCN(C(=O)c4cc(Cn5c(=O)[nH]c(=O)c6c(F)cccc65)ccc4F)CC3)nc2n1-c1cccc(C(C)(C)O)n1. The fraction of sp³-hybridized carbons (Fsp3) is 0.250. The van der Waals surface area contributed by atoms with Crippen LogP contribution in [0.1, 0.15) is 35.5 Å². The second-order valence-corrected chi connectivity index (χ2v) is 12.9. The van der Waals surface area contributed by atoms with Crippen molar-refractivity contribution >= 4 is 33.8 Å². The Hall–Kier alpha value is -6.29. The predicted molar refractivity (Wildman–Crippen MR) is 189 cm³/mol. The molecular formula is C36H33F2N9O5. The first-order chi connectivity index (χ1) is 24.8. The lowest BCUT2D eigenvalue weighted by Crippen LogP contribution is -2.49. The molecule has 4 aromatic heterocycles. The maximum absolute atomic E-state index is 15.1. The number of aliphatic hydroxyl groups is 1. The monoisotopic (exact) mass is 709 g/mol. The fourth-order valence-corrected chi connectivity index (χ4v) is 6.33. The highest BCUT2D eigenvalue weighted by atomic mass is 19.1. The Balaban J connectivity index is 1.14. The highest BCUT2D eigenvalue weighted by Gasteiger charge is 2.27. The standard InChI is InChI=1S/C36H33F2N9O5/c1-4-13-46-33(50)23-19-39-34(41-30(23)47(46)28-10-6-9-27(40-28)36(2,3)52)44-16-14-43(15-17-44)32(49)22-18-21(11-12-24(22)37)20-45-26-8-5-7-25(38)29(26)31(48)42-35(45)51/h4-12,18-19,52H,1,13-17,20H2,2-3H3,(H,42,48,51). The number of fused-ring (bicyclic) bond motifs is 2. The van der Waals surface area contributed by atoms with E-state index in [9.17, 15) is 28.7 Å². The molecule has 6 aromatic rings. The number of nitrogens with zero attached hydrogens (tertiary/aromatic N) is 8. The maximum atomic E-state index is 15.1. The minimum atomic E-state index is -1.23. The summed E-state index contributed by atoms with van der Waals surface area (Å²) in [6.45, 7) is 8.00. The van der Waals surface area contributed by atoms with Crippen LogP contribution in [0.2, 0.25) is 0 Å². The van der Waals surface area contributed by atoms with Gasteiger partial charge in [0.1, 0.15) is 22.6 Å². The number of hydrogen-bond donors (Lipinski definition) is 2. The van der Waals surface area contributed by atoms with Gasteiger partial charge >= 0.3 is 5.69 Å². The second-order valence-electron chi connectivity index (χ2n) is 12.9. The van der Waals surface area contributed by atoms with Gasteiger partial charge in [0, 0.05) is 32.4 Å². The molecule has 0 radical (unpaired) electrons. The van der Waals surface area contributed by atoms with Gasteiger partial charge in [0.25, 0.3) is 17.0 Å². The number of carbonyl (C=O) groups excluding carboxylic acids is 1. The van der Waals surface area contributed by atoms with Crippen molar-refractivity contribution in [2.24, 2.45) is 0 Å². The van der Waals surface area contributed by atoms with Gasteiger partial charge in [0.2, 0.25) is 5.95 Å². The summed E-state index contributed by atoms with van der Waals surface area (Å²) in [5.41, 5.74) is -2.26. The van der Waals surface area contributed by atoms with Crippen molar-refractivity contribution < 1.29 is 18.7 Å². The molecule has 0 aliphatic carbocycles. The molecule has 5 heterocycles. The minimum Gasteiger partial charge on any atom is -0.384 e. The molecule has 52 heavy (non-hydrogen) atoms. The molecule has 0 atom stereocenters. The number of benzene rings is 2. The first-order valence-electron chi connectivity index (χ1n) is 16.4. The number of nitrogens with one attached hydrogen (secondary N) is 1. The zero-order valence-corrected chi connectivity index (χ0v) is 28.2. The molecule has 7 rings (SSSR count). The van der Waals surface area contributed by atoms with Crippen molar-refractivity contribution in [3.63, 3.8) is 0 Å². The van der Waals surface area contributed by atoms with Crippen molar-refractivity contribution in [2.75, 3.05) is 31.1 Å². The van der Waals surface area contributed by atoms with E-state index in [1.807, 2.05) is 4.90 Å². The van der Waals surface area contributed by atoms with E-state index in [1.54, 1.807) is 42.8 Å². The van der Waals surface area contributed by atoms with Gasteiger partial charge in [0.15, 0.2) is 11.5 Å². The van der Waals surface area contributed by atoms with Gasteiger partial charge in [-0.2, -0.15) is 4.98 Å². The third-order valence-electron chi connectivity index (χ3n) is 8.97. The molecule has 0 saturated carbocycles. The minimum absolute atomic E-state index is 0.0654. The molecule has 2 aromatic carbocycles. The number of halogens is 2. The second kappa shape index (κ2) is 13.1. The van der Waals surface area contributed by atoms with E-state index in [1.165, 1.54) is 40.0 Å². The lowest BCUT2D eigenvalue weighted by atomic mass is 10.1. The van der Waals surface area contributed by atoms with Gasteiger partial charge in [0.05, 0.1) is 35.2 Å². The molecule has 0 spiro atoms. The van der Waals surface area contributed by atoms with Crippen molar-refractivity contribution in [1.82, 2.24) is 38.8 Å². The van der Waals surface area contributed by atoms with E-state index in [0.717, 1.165) is 16.7 Å². The Labute approximate surface area is 293 Å². The zero-order chi connectivity index (χ0) is 36.9. The Morgan fingerprint density at radius 3 is 2.48 bits per heavy atom. The van der Waals surface area contributed by atoms with E-state index >= 15 is 4.39 Å². The Morgan fingerprint density at radius 2 is 1.75 bits per heavy atom. The molecule has 1 saturated heterocycles. The van der Waals surface area contributed by atoms with Crippen LogP contribution in [0.3, 0.4) is 0 Å². The predicted octanol–water partition coefficient (Wildman–Crippen LogP) is 2.68. The summed E-state index contributed by atoms with van der Waals surface area (Å²) < 4.78 is 33.7. The Bertz CT molecular complexity index is 2580. The molecule has 266 valence electrons. The summed E-state index contributed by atoms with van der Waals surface area (Å²) in [6, 6.07) is 12.9. The summed E-state index contributed by atoms with van der Waals surface area (Å²) in [5, 5.41) is 10.6. The third kappa shape index (κ3) is 6.06. The van der Waals surface area contributed by atoms with E-state index in [-0.39, 0.29) is 53.6 Å². The molecule has 14 nitrogen and oxygen atoms in total. The van der Waals surface area contributed by atoms with E-state index in [4.69, 9.17) is 4.98 Å². The average Bonchev–Trinajstić information content (AvgIpc) is 3.40. The van der Waals surface area contributed by atoms with E-state index < -0.39 is 34.4 Å². The van der Waals surface area contributed by atoms with Crippen LogP contribution in [0.5, 0.6) is 0 Å². The quantitative estimate of drug-likeness (QED) is 0.226. The summed E-state index contributed by atoms with van der Waals surface area (Å²) in [5.74, 6) is -1.43. The van der Waals surface area contributed by atoms with Crippen molar-refractivity contribution in [3.05, 3.63) is 133 Å². The first-order valence-corrected chi connectivity index (χ1v) is 16.4. The number of pyridine rings is 1.